The van der Waals surface area contributed by atoms with E-state index in [9.17, 15) is 19.6 Å². The van der Waals surface area contributed by atoms with Crippen LogP contribution in [0.2, 0.25) is 0 Å². The number of Topliss-reactive ketones (excluding diaryl/α,β-unsaturated/α-hetero) is 1. The third-order valence-corrected chi connectivity index (χ3v) is 5.06. The maximum atomic E-state index is 13.0. The highest BCUT2D eigenvalue weighted by Gasteiger charge is 2.56. The van der Waals surface area contributed by atoms with Gasteiger partial charge in [0.15, 0.2) is 11.6 Å². The number of carbonyl (C=O) groups excluding carboxylic acids is 1. The zero-order valence-electron chi connectivity index (χ0n) is 12.8. The Hall–Kier alpha value is -1.97. The Morgan fingerprint density at radius 2 is 2.39 bits per heavy atom. The lowest BCUT2D eigenvalue weighted by molar-refractivity contribution is -0.128. The van der Waals surface area contributed by atoms with Gasteiger partial charge in [0.2, 0.25) is 0 Å². The molecule has 1 saturated carbocycles. The Kier molecular flexibility index (Phi) is 4.33. The van der Waals surface area contributed by atoms with Crippen LogP contribution in [0.15, 0.2) is 18.2 Å². The minimum Gasteiger partial charge on any atom is -0.505 e. The van der Waals surface area contributed by atoms with Gasteiger partial charge in [-0.05, 0) is 37.0 Å². The number of nitriles is 1. The normalized spacial score (nSPS) is 28.7. The Morgan fingerprint density at radius 1 is 1.57 bits per heavy atom. The molecule has 23 heavy (non-hydrogen) atoms. The van der Waals surface area contributed by atoms with Crippen molar-refractivity contribution >= 4 is 5.78 Å². The van der Waals surface area contributed by atoms with Gasteiger partial charge in [-0.2, -0.15) is 5.26 Å². The number of carbonyl (C=O) groups is 1. The van der Waals surface area contributed by atoms with Gasteiger partial charge in [-0.3, -0.25) is 10.1 Å². The Labute approximate surface area is 134 Å². The summed E-state index contributed by atoms with van der Waals surface area (Å²) in [6.45, 7) is 0.957. The van der Waals surface area contributed by atoms with Crippen LogP contribution >= 0.6 is 0 Å². The van der Waals surface area contributed by atoms with Crippen LogP contribution in [0.3, 0.4) is 0 Å². The van der Waals surface area contributed by atoms with E-state index in [0.717, 1.165) is 24.8 Å². The molecule has 6 heteroatoms. The number of phenols is 1. The van der Waals surface area contributed by atoms with Gasteiger partial charge >= 0.3 is 0 Å². The zero-order chi connectivity index (χ0) is 16.4. The molecule has 5 nitrogen and oxygen atoms in total. The molecule has 1 aliphatic heterocycles. The fraction of sp³-hybridized carbons (Fsp3) is 0.529. The van der Waals surface area contributed by atoms with E-state index in [4.69, 9.17) is 0 Å². The molecule has 1 saturated heterocycles. The van der Waals surface area contributed by atoms with Crippen LogP contribution in [0.1, 0.15) is 31.2 Å². The summed E-state index contributed by atoms with van der Waals surface area (Å²) in [5.41, 5.74) is 0.253. The fourth-order valence-corrected chi connectivity index (χ4v) is 3.80. The van der Waals surface area contributed by atoms with Gasteiger partial charge in [0.05, 0.1) is 11.5 Å². The number of nitrogens with one attached hydrogen (secondary N) is 2. The van der Waals surface area contributed by atoms with Crippen molar-refractivity contribution in [1.82, 2.24) is 10.6 Å². The molecule has 122 valence electrons. The van der Waals surface area contributed by atoms with E-state index in [2.05, 4.69) is 16.7 Å². The minimum absolute atomic E-state index is 0.144. The van der Waals surface area contributed by atoms with Crippen LogP contribution in [0.5, 0.6) is 5.75 Å². The molecule has 1 heterocycles. The van der Waals surface area contributed by atoms with Crippen molar-refractivity contribution in [3.05, 3.63) is 29.6 Å². The number of piperidine rings is 1. The number of aromatic hydroxyl groups is 1. The Morgan fingerprint density at radius 3 is 3.09 bits per heavy atom. The highest BCUT2D eigenvalue weighted by Crippen LogP contribution is 2.48. The van der Waals surface area contributed by atoms with Crippen molar-refractivity contribution < 1.29 is 14.3 Å². The molecule has 2 aliphatic rings. The molecule has 0 spiro atoms. The van der Waals surface area contributed by atoms with E-state index in [1.807, 2.05) is 0 Å². The molecule has 3 unspecified atom stereocenters. The quantitative estimate of drug-likeness (QED) is 0.694. The van der Waals surface area contributed by atoms with E-state index in [1.54, 1.807) is 6.07 Å². The molecule has 1 aromatic carbocycles. The lowest BCUT2D eigenvalue weighted by Crippen LogP contribution is -2.45. The summed E-state index contributed by atoms with van der Waals surface area (Å²) in [4.78, 5) is 12.6. The predicted octanol–water partition coefficient (Wildman–Crippen LogP) is 1.61. The van der Waals surface area contributed by atoms with Crippen LogP contribution in [-0.4, -0.2) is 29.5 Å². The predicted molar refractivity (Wildman–Crippen MR) is 82.0 cm³/mol. The van der Waals surface area contributed by atoms with Crippen LogP contribution in [0.4, 0.5) is 4.39 Å². The molecule has 2 fully saturated rings. The van der Waals surface area contributed by atoms with E-state index < -0.39 is 11.2 Å². The monoisotopic (exact) mass is 317 g/mol. The molecule has 3 N–H and O–H groups in total. The van der Waals surface area contributed by atoms with Crippen molar-refractivity contribution in [3.8, 4) is 11.8 Å². The van der Waals surface area contributed by atoms with Crippen LogP contribution < -0.4 is 10.6 Å². The average Bonchev–Trinajstić information content (AvgIpc) is 3.13. The number of benzene rings is 1. The minimum atomic E-state index is -0.643. The topological polar surface area (TPSA) is 85.2 Å². The Bertz CT molecular complexity index is 658. The number of hydrogen-bond donors (Lipinski definition) is 3. The summed E-state index contributed by atoms with van der Waals surface area (Å²) in [5, 5.41) is 24.9. The van der Waals surface area contributed by atoms with E-state index in [1.165, 1.54) is 12.1 Å². The third kappa shape index (κ3) is 2.94. The molecular formula is C17H20FN3O2. The molecule has 3 atom stereocenters. The Balaban J connectivity index is 1.50. The molecule has 3 rings (SSSR count). The van der Waals surface area contributed by atoms with E-state index in [-0.39, 0.29) is 17.6 Å². The third-order valence-electron chi connectivity index (χ3n) is 5.06. The standard InChI is InChI=1S/C17H20FN3O2/c18-13-2-1-11(7-14(13)22)10-20-6-4-16(23)17-5-3-12(8-17)21-15(17)9-19/h1-2,7,12,15,20-22H,3-6,8,10H2. The first-order valence-electron chi connectivity index (χ1n) is 7.92. The molecule has 0 radical (unpaired) electrons. The zero-order valence-corrected chi connectivity index (χ0v) is 12.8. The van der Waals surface area contributed by atoms with Crippen LogP contribution in [-0.2, 0) is 11.3 Å². The highest BCUT2D eigenvalue weighted by atomic mass is 19.1. The van der Waals surface area contributed by atoms with Gasteiger partial charge in [0, 0.05) is 25.6 Å². The summed E-state index contributed by atoms with van der Waals surface area (Å²) in [6.07, 6.45) is 2.91. The lowest BCUT2D eigenvalue weighted by Gasteiger charge is -2.29. The second-order valence-corrected chi connectivity index (χ2v) is 6.46. The molecule has 0 amide bonds. The maximum absolute atomic E-state index is 13.0. The molecule has 1 aliphatic carbocycles. The molecular weight excluding hydrogens is 297 g/mol. The van der Waals surface area contributed by atoms with Crippen LogP contribution in [0, 0.1) is 22.6 Å². The second kappa shape index (κ2) is 6.26. The number of fused-ring (bicyclic) bond motifs is 2. The first kappa shape index (κ1) is 15.9. The lowest BCUT2D eigenvalue weighted by atomic mass is 9.75. The van der Waals surface area contributed by atoms with Gasteiger partial charge in [0.25, 0.3) is 0 Å². The number of phenolic OH excluding ortho intramolecular Hbond substituents is 1. The summed E-state index contributed by atoms with van der Waals surface area (Å²) in [6, 6.07) is 6.36. The van der Waals surface area contributed by atoms with Gasteiger partial charge in [0.1, 0.15) is 11.8 Å². The summed E-state index contributed by atoms with van der Waals surface area (Å²) < 4.78 is 13.0. The second-order valence-electron chi connectivity index (χ2n) is 6.46. The summed E-state index contributed by atoms with van der Waals surface area (Å²) in [7, 11) is 0. The van der Waals surface area contributed by atoms with Crippen LogP contribution in [0.25, 0.3) is 0 Å². The number of nitrogens with zero attached hydrogens (tertiary/aromatic N) is 1. The number of rotatable bonds is 6. The molecule has 1 aromatic rings. The fourth-order valence-electron chi connectivity index (χ4n) is 3.80. The number of hydrogen-bond acceptors (Lipinski definition) is 5. The van der Waals surface area contributed by atoms with Crippen molar-refractivity contribution in [2.24, 2.45) is 5.41 Å². The largest absolute Gasteiger partial charge is 0.505 e. The van der Waals surface area contributed by atoms with Crippen molar-refractivity contribution in [1.29, 1.82) is 5.26 Å². The molecule has 0 aromatic heterocycles. The van der Waals surface area contributed by atoms with Gasteiger partial charge in [-0.1, -0.05) is 6.07 Å². The molecule has 2 bridgehead atoms. The summed E-state index contributed by atoms with van der Waals surface area (Å²) in [5.74, 6) is -0.869. The highest BCUT2D eigenvalue weighted by molar-refractivity contribution is 5.87. The van der Waals surface area contributed by atoms with Crippen molar-refractivity contribution in [2.75, 3.05) is 6.54 Å². The van der Waals surface area contributed by atoms with Gasteiger partial charge in [-0.25, -0.2) is 4.39 Å². The van der Waals surface area contributed by atoms with E-state index >= 15 is 0 Å². The first-order valence-corrected chi connectivity index (χ1v) is 7.92. The van der Waals surface area contributed by atoms with E-state index in [0.29, 0.717) is 25.6 Å². The average molecular weight is 317 g/mol. The van der Waals surface area contributed by atoms with Crippen molar-refractivity contribution in [2.45, 2.75) is 44.3 Å². The number of halogens is 1. The van der Waals surface area contributed by atoms with Crippen molar-refractivity contribution in [3.63, 3.8) is 0 Å². The number of ketones is 1. The maximum Gasteiger partial charge on any atom is 0.164 e. The summed E-state index contributed by atoms with van der Waals surface area (Å²) >= 11 is 0. The van der Waals surface area contributed by atoms with Gasteiger partial charge < -0.3 is 10.4 Å². The SMILES string of the molecule is N#CC1NC2CCC1(C(=O)CCNCc1ccc(F)c(O)c1)C2. The first-order chi connectivity index (χ1) is 11.0. The van der Waals surface area contributed by atoms with Gasteiger partial charge in [-0.15, -0.1) is 0 Å². The smallest absolute Gasteiger partial charge is 0.164 e.